The van der Waals surface area contributed by atoms with Crippen molar-refractivity contribution in [3.05, 3.63) is 19.2 Å². The smallest absolute Gasteiger partial charge is 0.0758 e. The van der Waals surface area contributed by atoms with Crippen molar-refractivity contribution in [2.75, 3.05) is 0 Å². The number of nitrogens with two attached hydrogens (primary N) is 1. The van der Waals surface area contributed by atoms with E-state index in [0.29, 0.717) is 0 Å². The van der Waals surface area contributed by atoms with Gasteiger partial charge in [0, 0.05) is 12.5 Å². The van der Waals surface area contributed by atoms with Crippen molar-refractivity contribution in [1.82, 2.24) is 0 Å². The second-order valence-electron chi connectivity index (χ2n) is 2.63. The van der Waals surface area contributed by atoms with E-state index < -0.39 is 0 Å². The van der Waals surface area contributed by atoms with Gasteiger partial charge in [0.25, 0.3) is 0 Å². The zero-order valence-electron chi connectivity index (χ0n) is 6.89. The second-order valence-corrected chi connectivity index (χ2v) is 6.38. The van der Waals surface area contributed by atoms with E-state index in [4.69, 9.17) is 12.2 Å². The van der Waals surface area contributed by atoms with Crippen LogP contribution in [0.5, 0.6) is 0 Å². The fraction of sp³-hybridized carbons (Fsp3) is 0.333. The molecule has 1 aromatic heterocycles. The first-order chi connectivity index (χ1) is 6.15. The summed E-state index contributed by atoms with van der Waals surface area (Å²) in [5, 5.41) is 0. The summed E-state index contributed by atoms with van der Waals surface area (Å²) in [7, 11) is 0. The summed E-state index contributed by atoms with van der Waals surface area (Å²) < 4.78 is 2.18. The Hall–Kier alpha value is 0.180. The van der Waals surface area contributed by atoms with E-state index in [9.17, 15) is 0 Å². The second kappa shape index (κ2) is 5.16. The molecule has 1 heterocycles. The summed E-state index contributed by atoms with van der Waals surface area (Å²) in [4.78, 5) is 0. The third kappa shape index (κ3) is 3.10. The average molecular weight is 323 g/mol. The molecular formula is C9H9Br2NS. The first kappa shape index (κ1) is 11.3. The molecule has 0 saturated carbocycles. The van der Waals surface area contributed by atoms with Crippen molar-refractivity contribution in [3.63, 3.8) is 0 Å². The maximum Gasteiger partial charge on any atom is 0.0758 e. The molecule has 0 aliphatic heterocycles. The molecule has 1 atom stereocenters. The van der Waals surface area contributed by atoms with Crippen molar-refractivity contribution in [2.24, 2.45) is 5.73 Å². The molecule has 0 aliphatic carbocycles. The molecule has 0 saturated heterocycles. The molecule has 1 nitrogen and oxygen atoms in total. The Kier molecular flexibility index (Phi) is 4.47. The van der Waals surface area contributed by atoms with Crippen LogP contribution in [0.1, 0.15) is 24.4 Å². The Balaban J connectivity index is 2.71. The summed E-state index contributed by atoms with van der Waals surface area (Å²) in [6.07, 6.45) is 6.73. The fourth-order valence-corrected chi connectivity index (χ4v) is 4.00. The summed E-state index contributed by atoms with van der Waals surface area (Å²) in [6.45, 7) is 0. The van der Waals surface area contributed by atoms with Gasteiger partial charge in [0.2, 0.25) is 0 Å². The Morgan fingerprint density at radius 1 is 1.62 bits per heavy atom. The first-order valence-corrected chi connectivity index (χ1v) is 6.19. The van der Waals surface area contributed by atoms with Crippen LogP contribution in [0, 0.1) is 12.3 Å². The van der Waals surface area contributed by atoms with Crippen LogP contribution >= 0.6 is 43.2 Å². The lowest BCUT2D eigenvalue weighted by Gasteiger charge is -2.07. The third-order valence-electron chi connectivity index (χ3n) is 1.68. The molecule has 0 spiro atoms. The van der Waals surface area contributed by atoms with E-state index in [1.54, 1.807) is 11.3 Å². The van der Waals surface area contributed by atoms with E-state index in [0.717, 1.165) is 26.0 Å². The molecule has 1 aromatic rings. The lowest BCUT2D eigenvalue weighted by molar-refractivity contribution is 0.668. The van der Waals surface area contributed by atoms with Crippen LogP contribution in [0.15, 0.2) is 13.6 Å². The minimum Gasteiger partial charge on any atom is -0.324 e. The van der Waals surface area contributed by atoms with Crippen LogP contribution in [0.3, 0.4) is 0 Å². The fourth-order valence-electron chi connectivity index (χ4n) is 1.00. The van der Waals surface area contributed by atoms with E-state index >= 15 is 0 Å². The van der Waals surface area contributed by atoms with Gasteiger partial charge in [-0.3, -0.25) is 0 Å². The zero-order chi connectivity index (χ0) is 9.84. The minimum atomic E-state index is 0.0352. The van der Waals surface area contributed by atoms with E-state index in [1.165, 1.54) is 0 Å². The molecule has 0 radical (unpaired) electrons. The normalized spacial score (nSPS) is 12.5. The summed E-state index contributed by atoms with van der Waals surface area (Å²) >= 11 is 8.51. The van der Waals surface area contributed by atoms with Gasteiger partial charge in [-0.05, 0) is 49.9 Å². The Morgan fingerprint density at radius 2 is 2.31 bits per heavy atom. The molecular weight excluding hydrogens is 314 g/mol. The van der Waals surface area contributed by atoms with E-state index in [-0.39, 0.29) is 6.04 Å². The number of halogens is 2. The van der Waals surface area contributed by atoms with E-state index in [2.05, 4.69) is 37.8 Å². The number of terminal acetylenes is 1. The van der Waals surface area contributed by atoms with Crippen LogP contribution in [-0.2, 0) is 0 Å². The maximum atomic E-state index is 5.96. The monoisotopic (exact) mass is 321 g/mol. The van der Waals surface area contributed by atoms with E-state index in [1.807, 2.05) is 6.07 Å². The third-order valence-corrected chi connectivity index (χ3v) is 4.07. The molecule has 13 heavy (non-hydrogen) atoms. The van der Waals surface area contributed by atoms with Gasteiger partial charge >= 0.3 is 0 Å². The lowest BCUT2D eigenvalue weighted by atomic mass is 10.1. The van der Waals surface area contributed by atoms with Crippen LogP contribution in [0.2, 0.25) is 0 Å². The van der Waals surface area contributed by atoms with Gasteiger partial charge in [0.15, 0.2) is 0 Å². The van der Waals surface area contributed by atoms with Gasteiger partial charge in [-0.1, -0.05) is 0 Å². The molecule has 70 valence electrons. The predicted molar refractivity (Wildman–Crippen MR) is 64.7 cm³/mol. The Labute approximate surface area is 99.0 Å². The highest BCUT2D eigenvalue weighted by molar-refractivity contribution is 9.12. The van der Waals surface area contributed by atoms with Crippen molar-refractivity contribution in [2.45, 2.75) is 18.9 Å². The molecule has 2 N–H and O–H groups in total. The first-order valence-electron chi connectivity index (χ1n) is 3.79. The molecule has 1 rings (SSSR count). The minimum absolute atomic E-state index is 0.0352. The molecule has 0 fully saturated rings. The van der Waals surface area contributed by atoms with Crippen molar-refractivity contribution < 1.29 is 0 Å². The Morgan fingerprint density at radius 3 is 2.77 bits per heavy atom. The topological polar surface area (TPSA) is 26.0 Å². The predicted octanol–water partition coefficient (Wildman–Crippen LogP) is 3.69. The van der Waals surface area contributed by atoms with Gasteiger partial charge in [-0.15, -0.1) is 23.7 Å². The Bertz CT molecular complexity index is 327. The van der Waals surface area contributed by atoms with Gasteiger partial charge in [-0.2, -0.15) is 0 Å². The molecule has 4 heteroatoms. The molecule has 0 bridgehead atoms. The SMILES string of the molecule is C#CCCC(N)c1cc(Br)sc1Br. The van der Waals surface area contributed by atoms with Crippen molar-refractivity contribution in [1.29, 1.82) is 0 Å². The molecule has 0 aromatic carbocycles. The van der Waals surface area contributed by atoms with Crippen LogP contribution in [-0.4, -0.2) is 0 Å². The molecule has 0 amide bonds. The largest absolute Gasteiger partial charge is 0.324 e. The molecule has 0 aliphatic rings. The standard InChI is InChI=1S/C9H9Br2NS/c1-2-3-4-7(12)6-5-8(10)13-9(6)11/h1,5,7H,3-4,12H2. The summed E-state index contributed by atoms with van der Waals surface area (Å²) in [5.74, 6) is 2.59. The highest BCUT2D eigenvalue weighted by atomic mass is 79.9. The van der Waals surface area contributed by atoms with Crippen LogP contribution in [0.25, 0.3) is 0 Å². The number of rotatable bonds is 3. The average Bonchev–Trinajstić information content (AvgIpc) is 2.41. The maximum absolute atomic E-state index is 5.96. The summed E-state index contributed by atoms with van der Waals surface area (Å²) in [5.41, 5.74) is 7.09. The quantitative estimate of drug-likeness (QED) is 0.844. The van der Waals surface area contributed by atoms with Gasteiger partial charge < -0.3 is 5.73 Å². The van der Waals surface area contributed by atoms with Crippen LogP contribution in [0.4, 0.5) is 0 Å². The van der Waals surface area contributed by atoms with Crippen molar-refractivity contribution in [3.8, 4) is 12.3 Å². The van der Waals surface area contributed by atoms with Gasteiger partial charge in [0.1, 0.15) is 0 Å². The van der Waals surface area contributed by atoms with Gasteiger partial charge in [0.05, 0.1) is 7.57 Å². The summed E-state index contributed by atoms with van der Waals surface area (Å²) in [6, 6.07) is 2.07. The zero-order valence-corrected chi connectivity index (χ0v) is 10.9. The lowest BCUT2D eigenvalue weighted by Crippen LogP contribution is -2.09. The van der Waals surface area contributed by atoms with Crippen LogP contribution < -0.4 is 5.73 Å². The number of thiophene rings is 1. The number of hydrogen-bond donors (Lipinski definition) is 1. The highest BCUT2D eigenvalue weighted by Crippen LogP contribution is 2.35. The van der Waals surface area contributed by atoms with Gasteiger partial charge in [-0.25, -0.2) is 0 Å². The van der Waals surface area contributed by atoms with Crippen molar-refractivity contribution >= 4 is 43.2 Å². The highest BCUT2D eigenvalue weighted by Gasteiger charge is 2.12. The number of hydrogen-bond acceptors (Lipinski definition) is 2. The molecule has 1 unspecified atom stereocenters.